The van der Waals surface area contributed by atoms with Crippen molar-refractivity contribution in [1.29, 1.82) is 0 Å². The third kappa shape index (κ3) is 4.62. The highest BCUT2D eigenvalue weighted by molar-refractivity contribution is 14.1. The second-order valence-electron chi connectivity index (χ2n) is 3.84. The highest BCUT2D eigenvalue weighted by atomic mass is 127. The largest absolute Gasteiger partial charge is 0.573 e. The fourth-order valence-electron chi connectivity index (χ4n) is 1.38. The summed E-state index contributed by atoms with van der Waals surface area (Å²) in [5.41, 5.74) is 8.03. The fourth-order valence-corrected chi connectivity index (χ4v) is 2.55. The van der Waals surface area contributed by atoms with Crippen molar-refractivity contribution in [2.75, 3.05) is 11.2 Å². The van der Waals surface area contributed by atoms with Crippen molar-refractivity contribution in [3.63, 3.8) is 0 Å². The highest BCUT2D eigenvalue weighted by Crippen LogP contribution is 2.31. The molecule has 0 aliphatic carbocycles. The minimum Gasteiger partial charge on any atom is -0.506 e. The third-order valence-corrected chi connectivity index (χ3v) is 3.77. The van der Waals surface area contributed by atoms with Crippen molar-refractivity contribution in [3.8, 4) is 11.5 Å². The molecule has 0 aliphatic heterocycles. The van der Waals surface area contributed by atoms with Crippen molar-refractivity contribution in [3.05, 3.63) is 26.6 Å². The number of thiazole rings is 1. The molecule has 118 valence electrons. The number of rotatable bonds is 4. The monoisotopic (exact) mass is 444 g/mol. The van der Waals surface area contributed by atoms with E-state index in [2.05, 4.69) is 20.2 Å². The first-order chi connectivity index (χ1) is 10.2. The molecular weight excluding hydrogens is 436 g/mol. The highest BCUT2D eigenvalue weighted by Gasteiger charge is 2.31. The van der Waals surface area contributed by atoms with Gasteiger partial charge in [-0.25, -0.2) is 4.98 Å². The molecule has 1 aromatic heterocycles. The number of halogens is 4. The topological polar surface area (TPSA) is 92.8 Å². The number of hydrogen-bond acceptors (Lipinski definition) is 7. The van der Waals surface area contributed by atoms with Crippen LogP contribution in [0.25, 0.3) is 0 Å². The van der Waals surface area contributed by atoms with Crippen LogP contribution >= 0.6 is 33.9 Å². The van der Waals surface area contributed by atoms with E-state index < -0.39 is 12.1 Å². The summed E-state index contributed by atoms with van der Waals surface area (Å²) in [5.74, 6) is -0.338. The number of hydrogen-bond donors (Lipinski definition) is 3. The predicted molar refractivity (Wildman–Crippen MR) is 85.2 cm³/mol. The first kappa shape index (κ1) is 16.6. The molecule has 0 spiro atoms. The Morgan fingerprint density at radius 1 is 1.45 bits per heavy atom. The number of anilines is 2. The summed E-state index contributed by atoms with van der Waals surface area (Å²) < 4.78 is 40.7. The first-order valence-electron chi connectivity index (χ1n) is 5.53. The van der Waals surface area contributed by atoms with Gasteiger partial charge in [-0.1, -0.05) is 0 Å². The summed E-state index contributed by atoms with van der Waals surface area (Å²) in [6.07, 6.45) is -3.66. The number of nitrogens with two attached hydrogens (primary N) is 1. The molecule has 0 amide bonds. The summed E-state index contributed by atoms with van der Waals surface area (Å²) in [6, 6.07) is 2.09. The normalized spacial score (nSPS) is 11.8. The van der Waals surface area contributed by atoms with Gasteiger partial charge in [0.25, 0.3) is 0 Å². The number of nitrogens with zero attached hydrogens (tertiary/aromatic N) is 2. The number of nitrogen functional groups attached to an aromatic ring is 1. The van der Waals surface area contributed by atoms with Crippen LogP contribution in [-0.4, -0.2) is 22.7 Å². The van der Waals surface area contributed by atoms with Gasteiger partial charge in [-0.2, -0.15) is 5.10 Å². The molecule has 0 unspecified atom stereocenters. The van der Waals surface area contributed by atoms with Gasteiger partial charge in [0.05, 0.1) is 9.78 Å². The van der Waals surface area contributed by atoms with E-state index in [0.29, 0.717) is 10.9 Å². The van der Waals surface area contributed by atoms with Crippen LogP contribution in [0.1, 0.15) is 5.56 Å². The van der Waals surface area contributed by atoms with Gasteiger partial charge in [-0.15, -0.1) is 24.5 Å². The lowest BCUT2D eigenvalue weighted by atomic mass is 10.2. The molecule has 6 nitrogen and oxygen atoms in total. The van der Waals surface area contributed by atoms with Crippen molar-refractivity contribution < 1.29 is 23.0 Å². The van der Waals surface area contributed by atoms with E-state index in [4.69, 9.17) is 5.73 Å². The minimum absolute atomic E-state index is 0.0585. The Labute approximate surface area is 139 Å². The molecule has 1 heterocycles. The Balaban J connectivity index is 2.18. The summed E-state index contributed by atoms with van der Waals surface area (Å²) in [4.78, 5) is 3.88. The number of aromatic hydroxyl groups is 1. The zero-order chi connectivity index (χ0) is 16.3. The van der Waals surface area contributed by atoms with Crippen LogP contribution < -0.4 is 15.9 Å². The predicted octanol–water partition coefficient (Wildman–Crippen LogP) is 3.38. The Morgan fingerprint density at radius 3 is 2.77 bits per heavy atom. The maximum absolute atomic E-state index is 12.2. The molecule has 2 rings (SSSR count). The molecule has 4 N–H and O–H groups in total. The maximum atomic E-state index is 12.2. The van der Waals surface area contributed by atoms with Gasteiger partial charge in [0.15, 0.2) is 0 Å². The number of ether oxygens (including phenoxy) is 1. The van der Waals surface area contributed by atoms with E-state index in [1.165, 1.54) is 11.3 Å². The second-order valence-corrected chi connectivity index (χ2v) is 5.86. The van der Waals surface area contributed by atoms with Crippen molar-refractivity contribution in [2.45, 2.75) is 6.36 Å². The van der Waals surface area contributed by atoms with Crippen LogP contribution in [0, 0.1) is 3.57 Å². The molecule has 0 atom stereocenters. The average Bonchev–Trinajstić information content (AvgIpc) is 2.79. The lowest BCUT2D eigenvalue weighted by Crippen LogP contribution is -2.17. The molecule has 0 radical (unpaired) electrons. The lowest BCUT2D eigenvalue weighted by molar-refractivity contribution is -0.274. The molecule has 22 heavy (non-hydrogen) atoms. The van der Waals surface area contributed by atoms with E-state index in [9.17, 15) is 18.3 Å². The van der Waals surface area contributed by atoms with E-state index in [0.717, 1.165) is 18.3 Å². The van der Waals surface area contributed by atoms with E-state index in [1.807, 2.05) is 0 Å². The summed E-state index contributed by atoms with van der Waals surface area (Å²) in [7, 11) is 0. The van der Waals surface area contributed by atoms with Crippen LogP contribution in [0.5, 0.6) is 11.5 Å². The zero-order valence-electron chi connectivity index (χ0n) is 10.6. The SMILES string of the molecule is Nc1csc(NN=Cc2cc(OC(F)(F)F)cc(I)c2O)n1. The van der Waals surface area contributed by atoms with Gasteiger partial charge in [-0.3, -0.25) is 5.43 Å². The fraction of sp³-hybridized carbons (Fsp3) is 0.0909. The molecule has 0 saturated heterocycles. The summed E-state index contributed by atoms with van der Waals surface area (Å²) >= 11 is 2.89. The van der Waals surface area contributed by atoms with Crippen molar-refractivity contribution in [2.24, 2.45) is 5.10 Å². The van der Waals surface area contributed by atoms with Gasteiger partial charge in [0.2, 0.25) is 5.13 Å². The Bertz CT molecular complexity index is 705. The minimum atomic E-state index is -4.81. The number of hydrazone groups is 1. The van der Waals surface area contributed by atoms with Crippen LogP contribution in [-0.2, 0) is 0 Å². The molecule has 1 aromatic carbocycles. The molecule has 0 saturated carbocycles. The molecule has 0 aliphatic rings. The van der Waals surface area contributed by atoms with E-state index >= 15 is 0 Å². The number of nitrogens with one attached hydrogen (secondary N) is 1. The Hall–Kier alpha value is -1.76. The van der Waals surface area contributed by atoms with Gasteiger partial charge in [-0.05, 0) is 34.7 Å². The van der Waals surface area contributed by atoms with E-state index in [-0.39, 0.29) is 14.9 Å². The molecule has 11 heteroatoms. The summed E-state index contributed by atoms with van der Waals surface area (Å²) in [6.45, 7) is 0. The molecule has 0 fully saturated rings. The van der Waals surface area contributed by atoms with Crippen LogP contribution in [0.4, 0.5) is 24.1 Å². The smallest absolute Gasteiger partial charge is 0.506 e. The quantitative estimate of drug-likeness (QED) is 0.382. The van der Waals surface area contributed by atoms with Gasteiger partial charge >= 0.3 is 6.36 Å². The van der Waals surface area contributed by atoms with Crippen LogP contribution in [0.3, 0.4) is 0 Å². The van der Waals surface area contributed by atoms with Crippen molar-refractivity contribution >= 4 is 51.1 Å². The third-order valence-electron chi connectivity index (χ3n) is 2.19. The molecule has 0 bridgehead atoms. The number of aromatic nitrogens is 1. The van der Waals surface area contributed by atoms with Crippen molar-refractivity contribution in [1.82, 2.24) is 4.98 Å². The zero-order valence-corrected chi connectivity index (χ0v) is 13.5. The van der Waals surface area contributed by atoms with Crippen LogP contribution in [0.2, 0.25) is 0 Å². The van der Waals surface area contributed by atoms with Crippen LogP contribution in [0.15, 0.2) is 22.6 Å². The molecular formula is C11H8F3IN4O2S. The first-order valence-corrected chi connectivity index (χ1v) is 7.49. The standard InChI is InChI=1S/C11H8F3IN4O2S/c12-11(13,14)21-6-1-5(9(20)7(15)2-6)3-17-19-10-18-8(16)4-22-10/h1-4,20H,16H2,(H,18,19). The molecule has 2 aromatic rings. The van der Waals surface area contributed by atoms with Gasteiger partial charge < -0.3 is 15.6 Å². The van der Waals surface area contributed by atoms with Gasteiger partial charge in [0, 0.05) is 10.9 Å². The van der Waals surface area contributed by atoms with Gasteiger partial charge in [0.1, 0.15) is 17.3 Å². The van der Waals surface area contributed by atoms with E-state index in [1.54, 1.807) is 28.0 Å². The number of phenols is 1. The Morgan fingerprint density at radius 2 is 2.18 bits per heavy atom. The Kier molecular flexibility index (Phi) is 4.95. The maximum Gasteiger partial charge on any atom is 0.573 e. The second kappa shape index (κ2) is 6.56. The lowest BCUT2D eigenvalue weighted by Gasteiger charge is -2.11. The average molecular weight is 444 g/mol. The summed E-state index contributed by atoms with van der Waals surface area (Å²) in [5, 5.41) is 15.6. The number of alkyl halides is 3. The number of phenolic OH excluding ortho intramolecular Hbond substituents is 1. The number of benzene rings is 1.